The SMILES string of the molecule is CCCCCCCCCCCCCCC(=O)OC[C@H](COP(=O)(O)OC[C@@H](O)COP(=O)(O)OC[C@@H](COC(=O)CCCCCCC)OC(=O)CCCCCCCCC)OC(=O)CCCCCCCCCCCCCCC(C)C. The molecule has 2 unspecified atom stereocenters. The number of aliphatic hydroxyl groups excluding tert-OH is 1. The molecule has 468 valence electrons. The van der Waals surface area contributed by atoms with Crippen LogP contribution in [0.15, 0.2) is 0 Å². The molecule has 0 aliphatic rings. The van der Waals surface area contributed by atoms with Crippen molar-refractivity contribution in [1.29, 1.82) is 0 Å². The number of hydrogen-bond donors (Lipinski definition) is 3. The number of unbranched alkanes of at least 4 members (excludes halogenated alkanes) is 32. The quantitative estimate of drug-likeness (QED) is 0.0222. The highest BCUT2D eigenvalue weighted by Crippen LogP contribution is 2.45. The summed E-state index contributed by atoms with van der Waals surface area (Å²) in [5, 5.41) is 10.5. The molecule has 79 heavy (non-hydrogen) atoms. The Balaban J connectivity index is 5.15. The Kier molecular flexibility index (Phi) is 52.7. The van der Waals surface area contributed by atoms with Crippen molar-refractivity contribution in [3.05, 3.63) is 0 Å². The van der Waals surface area contributed by atoms with E-state index < -0.39 is 97.5 Å². The molecule has 0 bridgehead atoms. The van der Waals surface area contributed by atoms with Gasteiger partial charge in [0.15, 0.2) is 12.2 Å². The van der Waals surface area contributed by atoms with Crippen LogP contribution >= 0.6 is 15.6 Å². The maximum Gasteiger partial charge on any atom is 0.472 e. The first kappa shape index (κ1) is 77.1. The number of carbonyl (C=O) groups is 4. The zero-order valence-corrected chi connectivity index (χ0v) is 52.3. The molecule has 0 fully saturated rings. The van der Waals surface area contributed by atoms with Crippen molar-refractivity contribution in [2.75, 3.05) is 39.6 Å². The first-order valence-corrected chi connectivity index (χ1v) is 34.6. The van der Waals surface area contributed by atoms with E-state index in [1.165, 1.54) is 103 Å². The molecule has 0 saturated carbocycles. The molecule has 3 N–H and O–H groups in total. The third-order valence-electron chi connectivity index (χ3n) is 13.8. The van der Waals surface area contributed by atoms with Gasteiger partial charge in [-0.2, -0.15) is 0 Å². The molecular formula is C60H116O17P2. The summed E-state index contributed by atoms with van der Waals surface area (Å²) >= 11 is 0. The predicted molar refractivity (Wildman–Crippen MR) is 312 cm³/mol. The van der Waals surface area contributed by atoms with Crippen molar-refractivity contribution < 1.29 is 80.2 Å². The molecule has 0 aliphatic carbocycles. The van der Waals surface area contributed by atoms with Crippen LogP contribution in [0.5, 0.6) is 0 Å². The van der Waals surface area contributed by atoms with Crippen LogP contribution in [0.3, 0.4) is 0 Å². The van der Waals surface area contributed by atoms with E-state index >= 15 is 0 Å². The lowest BCUT2D eigenvalue weighted by atomic mass is 10.0. The van der Waals surface area contributed by atoms with Crippen molar-refractivity contribution in [2.24, 2.45) is 5.92 Å². The lowest BCUT2D eigenvalue weighted by molar-refractivity contribution is -0.161. The van der Waals surface area contributed by atoms with E-state index in [0.29, 0.717) is 25.7 Å². The van der Waals surface area contributed by atoms with Crippen molar-refractivity contribution >= 4 is 39.5 Å². The van der Waals surface area contributed by atoms with Gasteiger partial charge >= 0.3 is 39.5 Å². The van der Waals surface area contributed by atoms with Crippen LogP contribution in [0, 0.1) is 5.92 Å². The first-order chi connectivity index (χ1) is 38.0. The molecule has 0 aromatic carbocycles. The van der Waals surface area contributed by atoms with E-state index in [0.717, 1.165) is 115 Å². The molecular weight excluding hydrogens is 1050 g/mol. The van der Waals surface area contributed by atoms with Crippen molar-refractivity contribution in [3.8, 4) is 0 Å². The third-order valence-corrected chi connectivity index (χ3v) is 15.7. The van der Waals surface area contributed by atoms with Crippen molar-refractivity contribution in [3.63, 3.8) is 0 Å². The number of carbonyl (C=O) groups excluding carboxylic acids is 4. The molecule has 5 atom stereocenters. The molecule has 0 aromatic heterocycles. The molecule has 0 aliphatic heterocycles. The summed E-state index contributed by atoms with van der Waals surface area (Å²) in [5.74, 6) is -1.38. The molecule has 17 nitrogen and oxygen atoms in total. The van der Waals surface area contributed by atoms with Gasteiger partial charge in [0.2, 0.25) is 0 Å². The summed E-state index contributed by atoms with van der Waals surface area (Å²) in [4.78, 5) is 71.7. The number of aliphatic hydroxyl groups is 1. The Morgan fingerprint density at radius 3 is 0.861 bits per heavy atom. The second kappa shape index (κ2) is 54.0. The predicted octanol–water partition coefficient (Wildman–Crippen LogP) is 16.2. The van der Waals surface area contributed by atoms with Crippen LogP contribution in [0.2, 0.25) is 0 Å². The highest BCUT2D eigenvalue weighted by atomic mass is 31.2. The fraction of sp³-hybridized carbons (Fsp3) is 0.933. The lowest BCUT2D eigenvalue weighted by Gasteiger charge is -2.21. The molecule has 0 spiro atoms. The van der Waals surface area contributed by atoms with E-state index in [9.17, 15) is 43.2 Å². The van der Waals surface area contributed by atoms with Gasteiger partial charge in [-0.25, -0.2) is 9.13 Å². The summed E-state index contributed by atoms with van der Waals surface area (Å²) < 4.78 is 67.5. The molecule has 0 saturated heterocycles. The minimum absolute atomic E-state index is 0.103. The standard InChI is InChI=1S/C60H116O17P2/c1-6-9-12-15-17-18-19-23-26-30-34-39-44-58(63)71-50-56(77-60(65)46-41-36-31-27-24-21-20-22-25-29-33-37-42-53(4)5)52-75-79(68,69)73-48-54(61)47-72-78(66,67)74-51-55(49-70-57(62)43-38-32-14-11-8-3)76-59(64)45-40-35-28-16-13-10-7-2/h53-56,61H,6-52H2,1-5H3,(H,66,67)(H,68,69)/t54-,55+,56+/m0/s1. The zero-order chi connectivity index (χ0) is 58.5. The molecule has 0 aromatic rings. The van der Waals surface area contributed by atoms with Gasteiger partial charge in [0, 0.05) is 25.7 Å². The van der Waals surface area contributed by atoms with Crippen molar-refractivity contribution in [2.45, 2.75) is 316 Å². The summed E-state index contributed by atoms with van der Waals surface area (Å²) in [5.41, 5.74) is 0. The fourth-order valence-corrected chi connectivity index (χ4v) is 10.5. The smallest absolute Gasteiger partial charge is 0.462 e. The number of hydrogen-bond acceptors (Lipinski definition) is 15. The molecule has 0 heterocycles. The van der Waals surface area contributed by atoms with Crippen molar-refractivity contribution in [1.82, 2.24) is 0 Å². The largest absolute Gasteiger partial charge is 0.472 e. The summed E-state index contributed by atoms with van der Waals surface area (Å²) in [6.07, 6.45) is 36.6. The maximum atomic E-state index is 12.9. The maximum absolute atomic E-state index is 12.9. The van der Waals surface area contributed by atoms with E-state index in [1.54, 1.807) is 0 Å². The second-order valence-electron chi connectivity index (χ2n) is 22.2. The number of rotatable bonds is 60. The molecule has 0 rings (SSSR count). The highest BCUT2D eigenvalue weighted by Gasteiger charge is 2.30. The van der Waals surface area contributed by atoms with Crippen LogP contribution in [0.4, 0.5) is 0 Å². The average Bonchev–Trinajstić information content (AvgIpc) is 3.41. The Hall–Kier alpha value is -1.94. The van der Waals surface area contributed by atoms with Gasteiger partial charge in [-0.3, -0.25) is 37.3 Å². The Labute approximate surface area is 479 Å². The molecule has 0 radical (unpaired) electrons. The normalized spacial score (nSPS) is 14.3. The Bertz CT molecular complexity index is 1550. The monoisotopic (exact) mass is 1170 g/mol. The van der Waals surface area contributed by atoms with Gasteiger partial charge in [0.05, 0.1) is 26.4 Å². The number of esters is 4. The van der Waals surface area contributed by atoms with Crippen LogP contribution in [0.1, 0.15) is 298 Å². The van der Waals surface area contributed by atoms with Crippen LogP contribution in [-0.4, -0.2) is 96.7 Å². The Morgan fingerprint density at radius 2 is 0.582 bits per heavy atom. The first-order valence-electron chi connectivity index (χ1n) is 31.6. The third kappa shape index (κ3) is 55.0. The summed E-state index contributed by atoms with van der Waals surface area (Å²) in [7, 11) is -9.86. The van der Waals surface area contributed by atoms with Gasteiger partial charge in [-0.15, -0.1) is 0 Å². The van der Waals surface area contributed by atoms with E-state index in [2.05, 4.69) is 34.6 Å². The van der Waals surface area contributed by atoms with Crippen LogP contribution in [-0.2, 0) is 65.4 Å². The zero-order valence-electron chi connectivity index (χ0n) is 50.5. The number of phosphoric acid groups is 2. The average molecular weight is 1170 g/mol. The van der Waals surface area contributed by atoms with E-state index in [4.69, 9.17) is 37.0 Å². The lowest BCUT2D eigenvalue weighted by Crippen LogP contribution is -2.30. The van der Waals surface area contributed by atoms with Gasteiger partial charge < -0.3 is 33.8 Å². The van der Waals surface area contributed by atoms with Crippen LogP contribution < -0.4 is 0 Å². The van der Waals surface area contributed by atoms with Gasteiger partial charge in [0.25, 0.3) is 0 Å². The van der Waals surface area contributed by atoms with E-state index in [-0.39, 0.29) is 25.7 Å². The summed E-state index contributed by atoms with van der Waals surface area (Å²) in [6, 6.07) is 0. The van der Waals surface area contributed by atoms with Gasteiger partial charge in [-0.05, 0) is 31.6 Å². The Morgan fingerprint density at radius 1 is 0.342 bits per heavy atom. The topological polar surface area (TPSA) is 237 Å². The fourth-order valence-electron chi connectivity index (χ4n) is 8.88. The van der Waals surface area contributed by atoms with Gasteiger partial charge in [-0.1, -0.05) is 247 Å². The van der Waals surface area contributed by atoms with Crippen LogP contribution in [0.25, 0.3) is 0 Å². The minimum atomic E-state index is -4.94. The second-order valence-corrected chi connectivity index (χ2v) is 25.1. The van der Waals surface area contributed by atoms with Gasteiger partial charge in [0.1, 0.15) is 19.3 Å². The van der Waals surface area contributed by atoms with E-state index in [1.807, 2.05) is 0 Å². The summed E-state index contributed by atoms with van der Waals surface area (Å²) in [6.45, 7) is 7.04. The highest BCUT2D eigenvalue weighted by molar-refractivity contribution is 7.47. The molecule has 19 heteroatoms. The molecule has 0 amide bonds. The number of phosphoric ester groups is 2. The number of ether oxygens (including phenoxy) is 4. The minimum Gasteiger partial charge on any atom is -0.462 e.